The molecule has 0 bridgehead atoms. The Kier molecular flexibility index (Phi) is 10.9. The molecule has 0 radical (unpaired) electrons. The maximum absolute atomic E-state index is 13.8. The lowest BCUT2D eigenvalue weighted by Crippen LogP contribution is -2.64. The Hall–Kier alpha value is -3.84. The topological polar surface area (TPSA) is 138 Å². The van der Waals surface area contributed by atoms with E-state index in [0.717, 1.165) is 5.56 Å². The number of rotatable bonds is 11. The lowest BCUT2D eigenvalue weighted by atomic mass is 9.87. The SMILES string of the molecule is CC(C)C(OC(=O)[C@@H](N)Cc1cccc(S(=O)(=O)N2CC(Oc3ccc4c(c3)OCCO4)(c3ccccc3)C2)c1)C(=O)N(C)C.Cl. The van der Waals surface area contributed by atoms with Crippen LogP contribution >= 0.6 is 12.4 Å². The van der Waals surface area contributed by atoms with Gasteiger partial charge in [-0.25, -0.2) is 8.42 Å². The van der Waals surface area contributed by atoms with Crippen molar-refractivity contribution in [2.45, 2.75) is 42.9 Å². The number of sulfonamides is 1. The number of fused-ring (bicyclic) bond motifs is 1. The van der Waals surface area contributed by atoms with E-state index < -0.39 is 33.7 Å². The number of nitrogens with zero attached hydrogens (tertiary/aromatic N) is 2. The number of likely N-dealkylation sites (N-methyl/N-ethyl adjacent to an activating group) is 1. The maximum Gasteiger partial charge on any atom is 0.324 e. The highest BCUT2D eigenvalue weighted by Gasteiger charge is 2.52. The number of benzene rings is 3. The molecule has 2 aliphatic heterocycles. The van der Waals surface area contributed by atoms with Crippen LogP contribution in [0.5, 0.6) is 17.2 Å². The quantitative estimate of drug-likeness (QED) is 0.304. The van der Waals surface area contributed by atoms with Gasteiger partial charge in [0, 0.05) is 20.2 Å². The van der Waals surface area contributed by atoms with E-state index in [1.807, 2.05) is 30.3 Å². The first-order valence-electron chi connectivity index (χ1n) is 14.8. The Morgan fingerprint density at radius 2 is 1.63 bits per heavy atom. The normalized spacial score (nSPS) is 16.7. The standard InChI is InChI=1S/C33H39N3O8S.ClH/c1-22(2)30(31(37)35(3)4)43-32(38)27(34)18-23-9-8-12-26(17-23)45(39,40)36-20-33(21-36,24-10-6-5-7-11-24)44-25-13-14-28-29(19-25)42-16-15-41-28;/h5-14,17,19,22,27,30H,15-16,18,20-21,34H2,1-4H3;1H/t27-,30?;/m0./s1. The zero-order chi connectivity index (χ0) is 32.4. The molecule has 2 N–H and O–H groups in total. The summed E-state index contributed by atoms with van der Waals surface area (Å²) in [6.45, 7) is 4.64. The average molecular weight is 674 g/mol. The minimum absolute atomic E-state index is 0. The van der Waals surface area contributed by atoms with Crippen molar-refractivity contribution in [3.63, 3.8) is 0 Å². The molecule has 46 heavy (non-hydrogen) atoms. The zero-order valence-electron chi connectivity index (χ0n) is 26.3. The fraction of sp³-hybridized carbons (Fsp3) is 0.394. The molecule has 0 spiro atoms. The summed E-state index contributed by atoms with van der Waals surface area (Å²) < 4.78 is 52.2. The van der Waals surface area contributed by atoms with E-state index >= 15 is 0 Å². The van der Waals surface area contributed by atoms with Gasteiger partial charge >= 0.3 is 5.97 Å². The first-order chi connectivity index (χ1) is 21.4. The molecular formula is C33H40ClN3O8S. The third-order valence-corrected chi connectivity index (χ3v) is 9.61. The largest absolute Gasteiger partial charge is 0.486 e. The Labute approximate surface area is 276 Å². The van der Waals surface area contributed by atoms with E-state index in [2.05, 4.69) is 0 Å². The minimum atomic E-state index is -3.92. The fourth-order valence-electron chi connectivity index (χ4n) is 5.31. The second kappa shape index (κ2) is 14.3. The van der Waals surface area contributed by atoms with Crippen LogP contribution < -0.4 is 19.9 Å². The zero-order valence-corrected chi connectivity index (χ0v) is 27.9. The molecule has 0 aromatic heterocycles. The number of nitrogens with two attached hydrogens (primary N) is 1. The minimum Gasteiger partial charge on any atom is -0.486 e. The second-order valence-electron chi connectivity index (χ2n) is 11.8. The van der Waals surface area contributed by atoms with Gasteiger partial charge in [0.05, 0.1) is 18.0 Å². The summed E-state index contributed by atoms with van der Waals surface area (Å²) in [6.07, 6.45) is -0.935. The van der Waals surface area contributed by atoms with Gasteiger partial charge in [-0.1, -0.05) is 56.3 Å². The van der Waals surface area contributed by atoms with E-state index in [9.17, 15) is 18.0 Å². The smallest absolute Gasteiger partial charge is 0.324 e. The van der Waals surface area contributed by atoms with Crippen LogP contribution in [0.2, 0.25) is 0 Å². The Morgan fingerprint density at radius 3 is 2.28 bits per heavy atom. The van der Waals surface area contributed by atoms with Gasteiger partial charge in [-0.15, -0.1) is 12.4 Å². The van der Waals surface area contributed by atoms with Crippen molar-refractivity contribution < 1.29 is 37.0 Å². The highest BCUT2D eigenvalue weighted by Crippen LogP contribution is 2.42. The van der Waals surface area contributed by atoms with Gasteiger partial charge in [-0.05, 0) is 47.7 Å². The summed E-state index contributed by atoms with van der Waals surface area (Å²) in [5.74, 6) is 0.433. The molecule has 1 saturated heterocycles. The number of ether oxygens (including phenoxy) is 4. The van der Waals surface area contributed by atoms with E-state index in [0.29, 0.717) is 36.0 Å². The van der Waals surface area contributed by atoms with Gasteiger partial charge in [0.2, 0.25) is 10.0 Å². The fourth-order valence-corrected chi connectivity index (χ4v) is 6.92. The summed E-state index contributed by atoms with van der Waals surface area (Å²) in [5, 5.41) is 0. The molecule has 2 atom stereocenters. The number of carbonyl (C=O) groups is 2. The van der Waals surface area contributed by atoms with E-state index in [-0.39, 0.29) is 48.6 Å². The van der Waals surface area contributed by atoms with Crippen LogP contribution in [-0.2, 0) is 36.4 Å². The first-order valence-corrected chi connectivity index (χ1v) is 16.2. The molecular weight excluding hydrogens is 634 g/mol. The number of hydrogen-bond acceptors (Lipinski definition) is 9. The van der Waals surface area contributed by atoms with Gasteiger partial charge in [0.15, 0.2) is 23.2 Å². The molecule has 11 nitrogen and oxygen atoms in total. The molecule has 1 unspecified atom stereocenters. The molecule has 13 heteroatoms. The van der Waals surface area contributed by atoms with Crippen LogP contribution in [-0.4, -0.2) is 82.0 Å². The van der Waals surface area contributed by atoms with Crippen molar-refractivity contribution in [2.75, 3.05) is 40.4 Å². The maximum atomic E-state index is 13.8. The van der Waals surface area contributed by atoms with Crippen molar-refractivity contribution in [2.24, 2.45) is 11.7 Å². The average Bonchev–Trinajstić information content (AvgIpc) is 3.01. The van der Waals surface area contributed by atoms with Gasteiger partial charge in [-0.2, -0.15) is 4.31 Å². The van der Waals surface area contributed by atoms with Gasteiger partial charge in [0.25, 0.3) is 5.91 Å². The molecule has 0 aliphatic carbocycles. The molecule has 2 heterocycles. The van der Waals surface area contributed by atoms with Crippen LogP contribution in [0.4, 0.5) is 0 Å². The van der Waals surface area contributed by atoms with E-state index in [1.54, 1.807) is 58.3 Å². The molecule has 1 amide bonds. The summed E-state index contributed by atoms with van der Waals surface area (Å²) in [7, 11) is -0.741. The molecule has 248 valence electrons. The van der Waals surface area contributed by atoms with Crippen LogP contribution in [0, 0.1) is 5.92 Å². The van der Waals surface area contributed by atoms with Crippen molar-refractivity contribution >= 4 is 34.3 Å². The summed E-state index contributed by atoms with van der Waals surface area (Å²) in [6, 6.07) is 20.1. The second-order valence-corrected chi connectivity index (χ2v) is 13.8. The predicted molar refractivity (Wildman–Crippen MR) is 174 cm³/mol. The Morgan fingerprint density at radius 1 is 0.957 bits per heavy atom. The van der Waals surface area contributed by atoms with Gasteiger partial charge in [-0.3, -0.25) is 9.59 Å². The van der Waals surface area contributed by atoms with Crippen LogP contribution in [0.1, 0.15) is 25.0 Å². The van der Waals surface area contributed by atoms with E-state index in [4.69, 9.17) is 24.7 Å². The van der Waals surface area contributed by atoms with Crippen molar-refractivity contribution in [3.8, 4) is 17.2 Å². The lowest BCUT2D eigenvalue weighted by Gasteiger charge is -2.49. The van der Waals surface area contributed by atoms with Crippen LogP contribution in [0.15, 0.2) is 77.7 Å². The highest BCUT2D eigenvalue weighted by molar-refractivity contribution is 7.89. The van der Waals surface area contributed by atoms with Gasteiger partial charge < -0.3 is 29.6 Å². The molecule has 3 aromatic rings. The third-order valence-electron chi connectivity index (χ3n) is 7.82. The number of esters is 1. The summed E-state index contributed by atoms with van der Waals surface area (Å²) in [4.78, 5) is 26.7. The summed E-state index contributed by atoms with van der Waals surface area (Å²) >= 11 is 0. The van der Waals surface area contributed by atoms with Gasteiger partial charge in [0.1, 0.15) is 25.0 Å². The van der Waals surface area contributed by atoms with E-state index in [1.165, 1.54) is 21.3 Å². The molecule has 3 aromatic carbocycles. The Balaban J connectivity index is 0.00000480. The number of hydrogen-bond donors (Lipinski definition) is 1. The lowest BCUT2D eigenvalue weighted by molar-refractivity contribution is -0.163. The summed E-state index contributed by atoms with van der Waals surface area (Å²) in [5.41, 5.74) is 6.62. The highest BCUT2D eigenvalue weighted by atomic mass is 35.5. The number of halogens is 1. The van der Waals surface area contributed by atoms with Crippen LogP contribution in [0.25, 0.3) is 0 Å². The molecule has 1 fully saturated rings. The third kappa shape index (κ3) is 7.41. The number of amides is 1. The first kappa shape index (κ1) is 35.0. The molecule has 5 rings (SSSR count). The molecule has 2 aliphatic rings. The monoisotopic (exact) mass is 673 g/mol. The van der Waals surface area contributed by atoms with Crippen LogP contribution in [0.3, 0.4) is 0 Å². The van der Waals surface area contributed by atoms with Crippen molar-refractivity contribution in [1.82, 2.24) is 9.21 Å². The van der Waals surface area contributed by atoms with Crippen molar-refractivity contribution in [1.29, 1.82) is 0 Å². The van der Waals surface area contributed by atoms with Crippen molar-refractivity contribution in [3.05, 3.63) is 83.9 Å². The molecule has 0 saturated carbocycles. The number of carbonyl (C=O) groups excluding carboxylic acids is 2. The Bertz CT molecular complexity index is 1650. The predicted octanol–water partition coefficient (Wildman–Crippen LogP) is 3.38.